The fourth-order valence-corrected chi connectivity index (χ4v) is 4.78. The maximum absolute atomic E-state index is 12.9. The van der Waals surface area contributed by atoms with Crippen molar-refractivity contribution < 1.29 is 28.8 Å². The van der Waals surface area contributed by atoms with Crippen LogP contribution in [-0.2, 0) is 16.6 Å². The third-order valence-electron chi connectivity index (χ3n) is 5.81. The minimum absolute atomic E-state index is 0.117. The molecular weight excluding hydrogens is 526 g/mol. The second-order valence-electron chi connectivity index (χ2n) is 8.35. The Balaban J connectivity index is 1.25. The van der Waals surface area contributed by atoms with Crippen molar-refractivity contribution in [2.75, 3.05) is 11.9 Å². The van der Waals surface area contributed by atoms with Gasteiger partial charge in [-0.25, -0.2) is 4.79 Å². The van der Waals surface area contributed by atoms with Gasteiger partial charge in [0, 0.05) is 41.1 Å². The summed E-state index contributed by atoms with van der Waals surface area (Å²) in [6.45, 7) is -0.686. The lowest BCUT2D eigenvalue weighted by atomic mass is 9.84. The van der Waals surface area contributed by atoms with Gasteiger partial charge >= 0.3 is 5.97 Å². The second kappa shape index (κ2) is 10.3. The van der Waals surface area contributed by atoms with E-state index in [9.17, 15) is 29.3 Å². The van der Waals surface area contributed by atoms with Gasteiger partial charge in [-0.1, -0.05) is 24.3 Å². The minimum atomic E-state index is -0.939. The number of aryl methyl sites for hydroxylation is 1. The standard InChI is InChI=1S/C26H17N5O7S/c1-30-13-27-29-26(30)39-21-9-6-14(10-20(21)31(36)37)25(35)38-12-22(32)28-15-7-8-18-19(11-15)24(34)17-5-3-2-4-16(17)23(18)33/h2-11,13H,12H2,1H3,(H,28,32). The lowest BCUT2D eigenvalue weighted by Crippen LogP contribution is -2.23. The summed E-state index contributed by atoms with van der Waals surface area (Å²) in [5.41, 5.74) is 0.758. The molecule has 1 aliphatic carbocycles. The lowest BCUT2D eigenvalue weighted by Gasteiger charge is -2.18. The van der Waals surface area contributed by atoms with Crippen molar-refractivity contribution in [2.45, 2.75) is 10.1 Å². The number of nitro groups is 1. The maximum Gasteiger partial charge on any atom is 0.338 e. The van der Waals surface area contributed by atoms with Crippen molar-refractivity contribution in [1.82, 2.24) is 14.8 Å². The van der Waals surface area contributed by atoms with Crippen molar-refractivity contribution in [3.63, 3.8) is 0 Å². The zero-order valence-electron chi connectivity index (χ0n) is 20.1. The minimum Gasteiger partial charge on any atom is -0.452 e. The Morgan fingerprint density at radius 1 is 1.00 bits per heavy atom. The van der Waals surface area contributed by atoms with E-state index in [1.165, 1.54) is 36.7 Å². The van der Waals surface area contributed by atoms with Gasteiger partial charge in [-0.2, -0.15) is 0 Å². The van der Waals surface area contributed by atoms with Crippen LogP contribution in [0.4, 0.5) is 11.4 Å². The Kier molecular flexibility index (Phi) is 6.73. The highest BCUT2D eigenvalue weighted by atomic mass is 32.2. The largest absolute Gasteiger partial charge is 0.452 e. The number of hydrogen-bond acceptors (Lipinski definition) is 10. The van der Waals surface area contributed by atoms with E-state index in [1.54, 1.807) is 35.9 Å². The first-order valence-corrected chi connectivity index (χ1v) is 12.1. The summed E-state index contributed by atoms with van der Waals surface area (Å²) in [5, 5.41) is 22.1. The number of carbonyl (C=O) groups is 4. The fourth-order valence-electron chi connectivity index (χ4n) is 3.93. The smallest absolute Gasteiger partial charge is 0.338 e. The number of ether oxygens (including phenoxy) is 1. The number of amides is 1. The Bertz CT molecular complexity index is 1700. The molecule has 5 rings (SSSR count). The third-order valence-corrected chi connectivity index (χ3v) is 6.92. The van der Waals surface area contributed by atoms with Crippen molar-refractivity contribution in [1.29, 1.82) is 0 Å². The average molecular weight is 544 g/mol. The number of carbonyl (C=O) groups excluding carboxylic acids is 4. The van der Waals surface area contributed by atoms with E-state index in [0.717, 1.165) is 17.8 Å². The van der Waals surface area contributed by atoms with Crippen LogP contribution in [0.25, 0.3) is 0 Å². The van der Waals surface area contributed by atoms with Gasteiger partial charge in [-0.05, 0) is 42.1 Å². The normalized spacial score (nSPS) is 11.9. The number of aromatic nitrogens is 3. The van der Waals surface area contributed by atoms with Gasteiger partial charge in [0.05, 0.1) is 15.4 Å². The number of anilines is 1. The SMILES string of the molecule is Cn1cnnc1Sc1ccc(C(=O)OCC(=O)Nc2ccc3c(c2)C(=O)c2ccccc2C3=O)cc1[N+](=O)[O-]. The Labute approximate surface area is 224 Å². The summed E-state index contributed by atoms with van der Waals surface area (Å²) < 4.78 is 6.62. The molecule has 0 atom stereocenters. The first kappa shape index (κ1) is 25.5. The van der Waals surface area contributed by atoms with E-state index in [0.29, 0.717) is 10.7 Å². The highest BCUT2D eigenvalue weighted by Crippen LogP contribution is 2.34. The molecule has 3 aromatic carbocycles. The topological polar surface area (TPSA) is 163 Å². The van der Waals surface area contributed by atoms with Crippen LogP contribution in [0.1, 0.15) is 42.2 Å². The van der Waals surface area contributed by atoms with Gasteiger partial charge in [0.1, 0.15) is 6.33 Å². The number of benzene rings is 3. The summed E-state index contributed by atoms with van der Waals surface area (Å²) in [6, 6.07) is 14.6. The molecule has 0 radical (unpaired) electrons. The molecule has 0 saturated carbocycles. The number of ketones is 2. The Morgan fingerprint density at radius 3 is 2.36 bits per heavy atom. The monoisotopic (exact) mass is 543 g/mol. The van der Waals surface area contributed by atoms with Crippen LogP contribution in [0.2, 0.25) is 0 Å². The summed E-state index contributed by atoms with van der Waals surface area (Å²) in [4.78, 5) is 61.7. The molecule has 13 heteroatoms. The van der Waals surface area contributed by atoms with Gasteiger partial charge in [0.25, 0.3) is 11.6 Å². The number of esters is 1. The molecule has 0 spiro atoms. The Hall–Kier alpha value is -5.17. The highest BCUT2D eigenvalue weighted by molar-refractivity contribution is 7.99. The molecule has 1 aromatic heterocycles. The van der Waals surface area contributed by atoms with Gasteiger partial charge in [0.2, 0.25) is 0 Å². The van der Waals surface area contributed by atoms with E-state index in [-0.39, 0.29) is 50.1 Å². The molecule has 1 N–H and O–H groups in total. The first-order valence-electron chi connectivity index (χ1n) is 11.3. The summed E-state index contributed by atoms with van der Waals surface area (Å²) >= 11 is 1.01. The van der Waals surface area contributed by atoms with E-state index in [1.807, 2.05) is 0 Å². The van der Waals surface area contributed by atoms with Gasteiger partial charge < -0.3 is 14.6 Å². The number of rotatable bonds is 7. The highest BCUT2D eigenvalue weighted by Gasteiger charge is 2.29. The van der Waals surface area contributed by atoms with Gasteiger partial charge in [0.15, 0.2) is 23.3 Å². The first-order chi connectivity index (χ1) is 18.7. The van der Waals surface area contributed by atoms with Crippen LogP contribution in [0.3, 0.4) is 0 Å². The van der Waals surface area contributed by atoms with Crippen LogP contribution in [0.5, 0.6) is 0 Å². The van der Waals surface area contributed by atoms with Crippen LogP contribution in [0.15, 0.2) is 77.0 Å². The molecule has 1 aliphatic rings. The van der Waals surface area contributed by atoms with Crippen LogP contribution >= 0.6 is 11.8 Å². The number of nitrogens with zero attached hydrogens (tertiary/aromatic N) is 4. The lowest BCUT2D eigenvalue weighted by molar-refractivity contribution is -0.387. The molecular formula is C26H17N5O7S. The van der Waals surface area contributed by atoms with Gasteiger partial charge in [-0.3, -0.25) is 24.5 Å². The zero-order valence-corrected chi connectivity index (χ0v) is 20.9. The van der Waals surface area contributed by atoms with Crippen molar-refractivity contribution in [3.05, 3.63) is 105 Å². The number of nitrogens with one attached hydrogen (secondary N) is 1. The molecule has 4 aromatic rings. The number of hydrogen-bond donors (Lipinski definition) is 1. The van der Waals surface area contributed by atoms with E-state index in [2.05, 4.69) is 15.5 Å². The molecule has 39 heavy (non-hydrogen) atoms. The van der Waals surface area contributed by atoms with Crippen LogP contribution in [0, 0.1) is 10.1 Å². The fraction of sp³-hybridized carbons (Fsp3) is 0.0769. The van der Waals surface area contributed by atoms with Crippen molar-refractivity contribution in [2.24, 2.45) is 7.05 Å². The molecule has 0 aliphatic heterocycles. The summed E-state index contributed by atoms with van der Waals surface area (Å²) in [6.07, 6.45) is 1.45. The van der Waals surface area contributed by atoms with Crippen molar-refractivity contribution in [3.8, 4) is 0 Å². The number of fused-ring (bicyclic) bond motifs is 2. The molecule has 0 fully saturated rings. The van der Waals surface area contributed by atoms with Crippen molar-refractivity contribution >= 4 is 46.6 Å². The molecule has 0 unspecified atom stereocenters. The second-order valence-corrected chi connectivity index (χ2v) is 9.36. The molecule has 194 valence electrons. The third kappa shape index (κ3) is 5.02. The van der Waals surface area contributed by atoms with Crippen LogP contribution < -0.4 is 5.32 Å². The van der Waals surface area contributed by atoms with Crippen LogP contribution in [-0.4, -0.2) is 49.7 Å². The predicted molar refractivity (Wildman–Crippen MR) is 137 cm³/mol. The van der Waals surface area contributed by atoms with Gasteiger partial charge in [-0.15, -0.1) is 10.2 Å². The molecule has 1 heterocycles. The zero-order chi connectivity index (χ0) is 27.7. The Morgan fingerprint density at radius 2 is 1.69 bits per heavy atom. The maximum atomic E-state index is 12.9. The molecule has 0 saturated heterocycles. The molecule has 1 amide bonds. The summed E-state index contributed by atoms with van der Waals surface area (Å²) in [7, 11) is 1.69. The van der Waals surface area contributed by atoms with E-state index in [4.69, 9.17) is 4.74 Å². The number of nitro benzene ring substituents is 1. The average Bonchev–Trinajstić information content (AvgIpc) is 3.34. The van der Waals surface area contributed by atoms with E-state index >= 15 is 0 Å². The molecule has 0 bridgehead atoms. The summed E-state index contributed by atoms with van der Waals surface area (Å²) in [5.74, 6) is -2.28. The quantitative estimate of drug-likeness (QED) is 0.183. The van der Waals surface area contributed by atoms with E-state index < -0.39 is 23.4 Å². The predicted octanol–water partition coefficient (Wildman–Crippen LogP) is 3.45. The molecule has 12 nitrogen and oxygen atoms in total.